The summed E-state index contributed by atoms with van der Waals surface area (Å²) in [5.74, 6) is -0.407. The molecular formula is C56H95N2O2+. The largest absolute Gasteiger partial charge is 0.387 e. The molecule has 0 saturated heterocycles. The summed E-state index contributed by atoms with van der Waals surface area (Å²) in [6.45, 7) is 13.1. The van der Waals surface area contributed by atoms with E-state index in [1.54, 1.807) is 0 Å². The van der Waals surface area contributed by atoms with Crippen LogP contribution in [0.1, 0.15) is 245 Å². The maximum atomic E-state index is 13.5. The maximum absolute atomic E-state index is 13.5. The molecule has 2 atom stereocenters. The smallest absolute Gasteiger partial charge is 0.199 e. The fraction of sp³-hybridized carbons (Fsp3) is 0.750. The topological polar surface area (TPSA) is 43.5 Å². The van der Waals surface area contributed by atoms with Crippen molar-refractivity contribution in [2.24, 2.45) is 0 Å². The second-order valence-corrected chi connectivity index (χ2v) is 18.6. The van der Waals surface area contributed by atoms with Gasteiger partial charge in [-0.1, -0.05) is 212 Å². The van der Waals surface area contributed by atoms with Crippen molar-refractivity contribution in [2.45, 2.75) is 245 Å². The van der Waals surface area contributed by atoms with E-state index >= 15 is 0 Å². The monoisotopic (exact) mass is 828 g/mol. The first-order chi connectivity index (χ1) is 29.5. The average Bonchev–Trinajstić information content (AvgIpc) is 3.27. The molecule has 4 heteroatoms. The van der Waals surface area contributed by atoms with Crippen molar-refractivity contribution in [3.05, 3.63) is 65.3 Å². The van der Waals surface area contributed by atoms with Crippen molar-refractivity contribution < 1.29 is 14.5 Å². The van der Waals surface area contributed by atoms with Crippen molar-refractivity contribution in [3.8, 4) is 0 Å². The molecule has 4 nitrogen and oxygen atoms in total. The highest BCUT2D eigenvalue weighted by atomic mass is 16.3. The van der Waals surface area contributed by atoms with Crippen molar-refractivity contribution in [1.82, 2.24) is 0 Å². The molecule has 1 fully saturated rings. The lowest BCUT2D eigenvalue weighted by Crippen LogP contribution is -2.43. The van der Waals surface area contributed by atoms with Crippen LogP contribution in [0, 0.1) is 0 Å². The Hall–Kier alpha value is -2.46. The van der Waals surface area contributed by atoms with E-state index in [2.05, 4.69) is 73.6 Å². The number of carbonyl (C=O) groups excluding carboxylic acids is 1. The van der Waals surface area contributed by atoms with Crippen LogP contribution in [0.3, 0.4) is 0 Å². The Morgan fingerprint density at radius 1 is 0.500 bits per heavy atom. The summed E-state index contributed by atoms with van der Waals surface area (Å²) in [5.41, 5.74) is 4.76. The summed E-state index contributed by atoms with van der Waals surface area (Å²) in [6, 6.07) is 8.43. The van der Waals surface area contributed by atoms with Gasteiger partial charge in [0.15, 0.2) is 11.5 Å². The lowest BCUT2D eigenvalue weighted by Gasteiger charge is -2.36. The maximum Gasteiger partial charge on any atom is 0.199 e. The lowest BCUT2D eigenvalue weighted by atomic mass is 9.69. The van der Waals surface area contributed by atoms with Crippen LogP contribution >= 0.6 is 0 Å². The number of benzene rings is 1. The van der Waals surface area contributed by atoms with Gasteiger partial charge in [-0.15, -0.1) is 0 Å². The zero-order valence-electron chi connectivity index (χ0n) is 40.0. The SMILES string of the molecule is CCCCCCCCCCCCCCCCCCN(CC)c1ccc(C2C(=O)C(=C3C=CC(=[N+](CC)CCCCCCCCCCCCCCCCCC)C=C3)C2O)cc1. The van der Waals surface area contributed by atoms with Gasteiger partial charge < -0.3 is 10.0 Å². The Morgan fingerprint density at radius 3 is 1.25 bits per heavy atom. The number of carbonyl (C=O) groups is 1. The third-order valence-corrected chi connectivity index (χ3v) is 13.6. The Labute approximate surface area is 371 Å². The number of hydrogen-bond donors (Lipinski definition) is 1. The summed E-state index contributed by atoms with van der Waals surface area (Å²) in [7, 11) is 0. The Kier molecular flexibility index (Phi) is 29.5. The minimum absolute atomic E-state index is 0.0593. The predicted molar refractivity (Wildman–Crippen MR) is 263 cm³/mol. The summed E-state index contributed by atoms with van der Waals surface area (Å²) >= 11 is 0. The number of ketones is 1. The third kappa shape index (κ3) is 20.6. The van der Waals surface area contributed by atoms with Crippen LogP contribution in [0.25, 0.3) is 0 Å². The van der Waals surface area contributed by atoms with Gasteiger partial charge in [0.25, 0.3) is 0 Å². The van der Waals surface area contributed by atoms with E-state index < -0.39 is 12.0 Å². The fourth-order valence-corrected chi connectivity index (χ4v) is 9.56. The van der Waals surface area contributed by atoms with Crippen LogP contribution in [0.15, 0.2) is 59.7 Å². The molecule has 1 aromatic rings. The second-order valence-electron chi connectivity index (χ2n) is 18.6. The van der Waals surface area contributed by atoms with Crippen LogP contribution in [0.2, 0.25) is 0 Å². The molecule has 2 aliphatic carbocycles. The van der Waals surface area contributed by atoms with Gasteiger partial charge in [-0.2, -0.15) is 0 Å². The number of Topliss-reactive ketones (excluding diaryl/α,β-unsaturated/α-hetero) is 1. The van der Waals surface area contributed by atoms with Gasteiger partial charge in [0.2, 0.25) is 0 Å². The van der Waals surface area contributed by atoms with E-state index in [9.17, 15) is 9.90 Å². The fourth-order valence-electron chi connectivity index (χ4n) is 9.56. The Bertz CT molecular complexity index is 1350. The number of aliphatic hydroxyl groups is 1. The predicted octanol–water partition coefficient (Wildman–Crippen LogP) is 16.0. The summed E-state index contributed by atoms with van der Waals surface area (Å²) < 4.78 is 2.45. The Morgan fingerprint density at radius 2 is 0.883 bits per heavy atom. The van der Waals surface area contributed by atoms with Crippen LogP contribution in [-0.2, 0) is 4.79 Å². The van der Waals surface area contributed by atoms with Crippen LogP contribution < -0.4 is 4.90 Å². The normalized spacial score (nSPS) is 16.3. The molecular weight excluding hydrogens is 733 g/mol. The number of nitrogens with zero attached hydrogens (tertiary/aromatic N) is 2. The molecule has 0 aromatic heterocycles. The van der Waals surface area contributed by atoms with Gasteiger partial charge in [-0.25, -0.2) is 4.58 Å². The molecule has 0 bridgehead atoms. The molecule has 0 spiro atoms. The summed E-state index contributed by atoms with van der Waals surface area (Å²) in [4.78, 5) is 15.9. The van der Waals surface area contributed by atoms with E-state index in [-0.39, 0.29) is 5.78 Å². The molecule has 0 heterocycles. The van der Waals surface area contributed by atoms with E-state index in [1.807, 2.05) is 12.2 Å². The van der Waals surface area contributed by atoms with Gasteiger partial charge in [0.05, 0.1) is 12.0 Å². The van der Waals surface area contributed by atoms with Gasteiger partial charge in [0.1, 0.15) is 13.1 Å². The van der Waals surface area contributed by atoms with Crippen molar-refractivity contribution in [3.63, 3.8) is 0 Å². The minimum atomic E-state index is -0.756. The number of allylic oxidation sites excluding steroid dienone is 5. The van der Waals surface area contributed by atoms with Crippen LogP contribution in [0.4, 0.5) is 5.69 Å². The van der Waals surface area contributed by atoms with Gasteiger partial charge >= 0.3 is 0 Å². The molecule has 1 aromatic carbocycles. The molecule has 0 radical (unpaired) electrons. The third-order valence-electron chi connectivity index (χ3n) is 13.6. The minimum Gasteiger partial charge on any atom is -0.387 e. The second kappa shape index (κ2) is 34.1. The number of anilines is 1. The zero-order chi connectivity index (χ0) is 42.9. The van der Waals surface area contributed by atoms with E-state index in [4.69, 9.17) is 0 Å². The van der Waals surface area contributed by atoms with Crippen molar-refractivity contribution in [1.29, 1.82) is 0 Å². The molecule has 2 unspecified atom stereocenters. The highest BCUT2D eigenvalue weighted by Gasteiger charge is 2.46. The number of aliphatic hydroxyl groups excluding tert-OH is 1. The van der Waals surface area contributed by atoms with Gasteiger partial charge in [-0.3, -0.25) is 4.79 Å². The standard InChI is InChI=1S/C56H95N2O2/c1-5-9-11-13-15-17-19-21-23-25-27-29-31-33-35-37-47-57(7-3)51-43-39-49(40-44-51)53-55(59)54(56(53)60)50-41-45-52(46-42-50)58(8-4)48-38-36-34-32-30-28-26-24-22-20-18-16-14-12-10-6-2/h39-46,53,55,59H,5-38,47-48H2,1-4H3/q+1. The number of rotatable bonds is 38. The molecule has 2 aliphatic rings. The molecule has 3 rings (SSSR count). The first kappa shape index (κ1) is 51.9. The Balaban J connectivity index is 1.27. The number of hydrogen-bond acceptors (Lipinski definition) is 3. The lowest BCUT2D eigenvalue weighted by molar-refractivity contribution is -0.523. The quantitative estimate of drug-likeness (QED) is 0.0410. The zero-order valence-corrected chi connectivity index (χ0v) is 40.0. The van der Waals surface area contributed by atoms with Crippen molar-refractivity contribution >= 4 is 17.2 Å². The molecule has 0 amide bonds. The van der Waals surface area contributed by atoms with E-state index in [0.29, 0.717) is 5.57 Å². The highest BCUT2D eigenvalue weighted by molar-refractivity contribution is 6.12. The van der Waals surface area contributed by atoms with E-state index in [0.717, 1.165) is 37.3 Å². The van der Waals surface area contributed by atoms with Crippen LogP contribution in [-0.4, -0.2) is 53.5 Å². The van der Waals surface area contributed by atoms with Crippen molar-refractivity contribution in [2.75, 3.05) is 31.1 Å². The van der Waals surface area contributed by atoms with Gasteiger partial charge in [-0.05, 0) is 62.1 Å². The summed E-state index contributed by atoms with van der Waals surface area (Å²) in [6.07, 6.45) is 52.2. The van der Waals surface area contributed by atoms with Gasteiger partial charge in [0, 0.05) is 42.9 Å². The first-order valence-electron chi connectivity index (χ1n) is 26.3. The first-order valence-corrected chi connectivity index (χ1v) is 26.3. The average molecular weight is 828 g/mol. The molecule has 1 N–H and O–H groups in total. The molecule has 60 heavy (non-hydrogen) atoms. The number of unbranched alkanes of at least 4 members (excludes halogenated alkanes) is 30. The van der Waals surface area contributed by atoms with E-state index in [1.165, 1.54) is 217 Å². The van der Waals surface area contributed by atoms with Crippen LogP contribution in [0.5, 0.6) is 0 Å². The highest BCUT2D eigenvalue weighted by Crippen LogP contribution is 2.41. The molecule has 1 saturated carbocycles. The molecule has 340 valence electrons. The molecule has 0 aliphatic heterocycles. The summed E-state index contributed by atoms with van der Waals surface area (Å²) in [5, 5.41) is 11.2.